The molecule has 2 amide bonds. The van der Waals surface area contributed by atoms with Gasteiger partial charge in [0.15, 0.2) is 0 Å². The summed E-state index contributed by atoms with van der Waals surface area (Å²) in [7, 11) is 0. The molecule has 4 rings (SSSR count). The average molecular weight is 423 g/mol. The number of hydrogen-bond acceptors (Lipinski definition) is 4. The van der Waals surface area contributed by atoms with Gasteiger partial charge in [-0.25, -0.2) is 0 Å². The van der Waals surface area contributed by atoms with Gasteiger partial charge in [-0.15, -0.1) is 0 Å². The van der Waals surface area contributed by atoms with Crippen LogP contribution in [0.15, 0.2) is 59.0 Å². The standard InChI is InChI=1S/C23H19ClN2O4/c24-16-5-7-20-18(12-16)19(23(29)26-20)13-17-6-8-21(30-17)14-3-1-4-15(11-14)22(28)25-9-2-10-27/h1,3-8,11-13,27H,2,9-10H2,(H,25,28)(H,26,29)/b19-13+. The lowest BCUT2D eigenvalue weighted by Gasteiger charge is -2.05. The van der Waals surface area contributed by atoms with Crippen LogP contribution in [-0.2, 0) is 4.79 Å². The van der Waals surface area contributed by atoms with Gasteiger partial charge < -0.3 is 20.2 Å². The molecule has 2 heterocycles. The highest BCUT2D eigenvalue weighted by Gasteiger charge is 2.24. The van der Waals surface area contributed by atoms with Gasteiger partial charge >= 0.3 is 0 Å². The van der Waals surface area contributed by atoms with E-state index in [4.69, 9.17) is 21.1 Å². The molecule has 0 radical (unpaired) electrons. The number of halogens is 1. The molecule has 0 bridgehead atoms. The minimum atomic E-state index is -0.216. The first-order chi connectivity index (χ1) is 14.5. The maximum Gasteiger partial charge on any atom is 0.256 e. The monoisotopic (exact) mass is 422 g/mol. The molecule has 3 N–H and O–H groups in total. The molecule has 0 saturated carbocycles. The number of benzene rings is 2. The minimum Gasteiger partial charge on any atom is -0.457 e. The molecule has 3 aromatic rings. The van der Waals surface area contributed by atoms with Gasteiger partial charge in [0.25, 0.3) is 11.8 Å². The third kappa shape index (κ3) is 4.15. The summed E-state index contributed by atoms with van der Waals surface area (Å²) in [4.78, 5) is 24.6. The Morgan fingerprint density at radius 2 is 2.03 bits per heavy atom. The second kappa shape index (κ2) is 8.57. The molecule has 0 spiro atoms. The number of fused-ring (bicyclic) bond motifs is 1. The van der Waals surface area contributed by atoms with Crippen LogP contribution < -0.4 is 10.6 Å². The largest absolute Gasteiger partial charge is 0.457 e. The van der Waals surface area contributed by atoms with E-state index in [1.54, 1.807) is 54.6 Å². The highest BCUT2D eigenvalue weighted by atomic mass is 35.5. The first kappa shape index (κ1) is 19.9. The van der Waals surface area contributed by atoms with Gasteiger partial charge in [-0.3, -0.25) is 9.59 Å². The Labute approximate surface area is 178 Å². The van der Waals surface area contributed by atoms with Crippen molar-refractivity contribution in [2.45, 2.75) is 6.42 Å². The van der Waals surface area contributed by atoms with Crippen molar-refractivity contribution in [2.24, 2.45) is 0 Å². The number of carbonyl (C=O) groups excluding carboxylic acids is 2. The predicted octanol–water partition coefficient (Wildman–Crippen LogP) is 4.20. The third-order valence-corrected chi connectivity index (χ3v) is 4.94. The Kier molecular flexibility index (Phi) is 5.70. The first-order valence-corrected chi connectivity index (χ1v) is 9.85. The average Bonchev–Trinajstić information content (AvgIpc) is 3.33. The van der Waals surface area contributed by atoms with Gasteiger partial charge in [0.1, 0.15) is 11.5 Å². The maximum absolute atomic E-state index is 12.3. The minimum absolute atomic E-state index is 0.0275. The lowest BCUT2D eigenvalue weighted by molar-refractivity contribution is -0.110. The van der Waals surface area contributed by atoms with Gasteiger partial charge in [0, 0.05) is 40.6 Å². The number of aliphatic hydroxyl groups excluding tert-OH is 1. The maximum atomic E-state index is 12.3. The summed E-state index contributed by atoms with van der Waals surface area (Å²) in [5.41, 5.74) is 3.16. The molecule has 0 unspecified atom stereocenters. The smallest absolute Gasteiger partial charge is 0.256 e. The van der Waals surface area contributed by atoms with E-state index in [0.29, 0.717) is 46.3 Å². The zero-order chi connectivity index (χ0) is 21.1. The van der Waals surface area contributed by atoms with Gasteiger partial charge in [-0.2, -0.15) is 0 Å². The zero-order valence-electron chi connectivity index (χ0n) is 15.9. The van der Waals surface area contributed by atoms with E-state index < -0.39 is 0 Å². The van der Waals surface area contributed by atoms with Gasteiger partial charge in [-0.05, 0) is 55.0 Å². The number of anilines is 1. The Morgan fingerprint density at radius 3 is 2.87 bits per heavy atom. The summed E-state index contributed by atoms with van der Waals surface area (Å²) in [5, 5.41) is 14.9. The Balaban J connectivity index is 1.58. The SMILES string of the molecule is O=C1Nc2ccc(Cl)cc2/C1=C\c1ccc(-c2cccc(C(=O)NCCCO)c2)o1. The quantitative estimate of drug-likeness (QED) is 0.410. The number of amides is 2. The fourth-order valence-corrected chi connectivity index (χ4v) is 3.40. The summed E-state index contributed by atoms with van der Waals surface area (Å²) in [5.74, 6) is 0.666. The van der Waals surface area contributed by atoms with Crippen molar-refractivity contribution in [3.05, 3.63) is 76.5 Å². The molecular formula is C23H19ClN2O4. The third-order valence-electron chi connectivity index (χ3n) is 4.71. The van der Waals surface area contributed by atoms with Crippen LogP contribution in [0.1, 0.15) is 28.1 Å². The molecule has 0 atom stereocenters. The van der Waals surface area contributed by atoms with E-state index >= 15 is 0 Å². The zero-order valence-corrected chi connectivity index (χ0v) is 16.7. The van der Waals surface area contributed by atoms with Crippen molar-refractivity contribution in [1.29, 1.82) is 0 Å². The predicted molar refractivity (Wildman–Crippen MR) is 116 cm³/mol. The number of nitrogens with one attached hydrogen (secondary N) is 2. The molecule has 2 aromatic carbocycles. The van der Waals surface area contributed by atoms with Gasteiger partial charge in [0.2, 0.25) is 0 Å². The van der Waals surface area contributed by atoms with Crippen LogP contribution in [-0.4, -0.2) is 30.1 Å². The number of hydrogen-bond donors (Lipinski definition) is 3. The second-order valence-electron chi connectivity index (χ2n) is 6.82. The summed E-state index contributed by atoms with van der Waals surface area (Å²) < 4.78 is 5.90. The number of rotatable bonds is 6. The summed E-state index contributed by atoms with van der Waals surface area (Å²) in [6.45, 7) is 0.436. The van der Waals surface area contributed by atoms with Crippen molar-refractivity contribution < 1.29 is 19.1 Å². The first-order valence-electron chi connectivity index (χ1n) is 9.47. The van der Waals surface area contributed by atoms with Crippen LogP contribution in [0.4, 0.5) is 5.69 Å². The molecule has 1 aliphatic rings. The topological polar surface area (TPSA) is 91.6 Å². The van der Waals surface area contributed by atoms with E-state index in [2.05, 4.69) is 10.6 Å². The van der Waals surface area contributed by atoms with E-state index in [-0.39, 0.29) is 18.4 Å². The Morgan fingerprint density at radius 1 is 1.17 bits per heavy atom. The molecular weight excluding hydrogens is 404 g/mol. The number of carbonyl (C=O) groups is 2. The van der Waals surface area contributed by atoms with Crippen LogP contribution in [0.5, 0.6) is 0 Å². The van der Waals surface area contributed by atoms with Crippen LogP contribution in [0.25, 0.3) is 23.0 Å². The van der Waals surface area contributed by atoms with Crippen LogP contribution >= 0.6 is 11.6 Å². The van der Waals surface area contributed by atoms with Crippen LogP contribution in [0, 0.1) is 0 Å². The number of aliphatic hydroxyl groups is 1. The summed E-state index contributed by atoms with van der Waals surface area (Å²) in [6, 6.07) is 15.9. The van der Waals surface area contributed by atoms with E-state index in [0.717, 1.165) is 11.1 Å². The van der Waals surface area contributed by atoms with Crippen LogP contribution in [0.2, 0.25) is 5.02 Å². The van der Waals surface area contributed by atoms with E-state index in [1.807, 2.05) is 6.07 Å². The Hall–Kier alpha value is -3.35. The molecule has 0 saturated heterocycles. The van der Waals surface area contributed by atoms with Crippen molar-refractivity contribution in [1.82, 2.24) is 5.32 Å². The lowest BCUT2D eigenvalue weighted by atomic mass is 10.1. The Bertz CT molecular complexity index is 1150. The fraction of sp³-hybridized carbons (Fsp3) is 0.130. The highest BCUT2D eigenvalue weighted by molar-refractivity contribution is 6.36. The molecule has 0 fully saturated rings. The normalized spacial score (nSPS) is 13.9. The van der Waals surface area contributed by atoms with Crippen molar-refractivity contribution in [3.8, 4) is 11.3 Å². The second-order valence-corrected chi connectivity index (χ2v) is 7.25. The molecule has 6 nitrogen and oxygen atoms in total. The van der Waals surface area contributed by atoms with Gasteiger partial charge in [0.05, 0.1) is 5.57 Å². The highest BCUT2D eigenvalue weighted by Crippen LogP contribution is 2.35. The number of furan rings is 1. The fourth-order valence-electron chi connectivity index (χ4n) is 3.23. The molecule has 30 heavy (non-hydrogen) atoms. The molecule has 7 heteroatoms. The molecule has 1 aliphatic heterocycles. The summed E-state index contributed by atoms with van der Waals surface area (Å²) >= 11 is 6.07. The van der Waals surface area contributed by atoms with E-state index in [1.165, 1.54) is 0 Å². The molecule has 1 aromatic heterocycles. The van der Waals surface area contributed by atoms with Crippen molar-refractivity contribution >= 4 is 40.8 Å². The van der Waals surface area contributed by atoms with Crippen LogP contribution in [0.3, 0.4) is 0 Å². The van der Waals surface area contributed by atoms with Crippen molar-refractivity contribution in [3.63, 3.8) is 0 Å². The van der Waals surface area contributed by atoms with Gasteiger partial charge in [-0.1, -0.05) is 23.7 Å². The van der Waals surface area contributed by atoms with E-state index in [9.17, 15) is 9.59 Å². The summed E-state index contributed by atoms with van der Waals surface area (Å²) in [6.07, 6.45) is 2.18. The van der Waals surface area contributed by atoms with Crippen molar-refractivity contribution in [2.75, 3.05) is 18.5 Å². The lowest BCUT2D eigenvalue weighted by Crippen LogP contribution is -2.24. The molecule has 152 valence electrons. The molecule has 0 aliphatic carbocycles.